The Morgan fingerprint density at radius 2 is 1.82 bits per heavy atom. The van der Waals surface area contributed by atoms with Crippen molar-refractivity contribution in [1.82, 2.24) is 10.2 Å². The maximum Gasteiger partial charge on any atom is 0.151 e. The van der Waals surface area contributed by atoms with E-state index in [0.29, 0.717) is 5.82 Å². The molecule has 0 unspecified atom stereocenters. The third-order valence-electron chi connectivity index (χ3n) is 3.13. The second-order valence-electron chi connectivity index (χ2n) is 4.26. The molecule has 0 spiro atoms. The van der Waals surface area contributed by atoms with Crippen LogP contribution in [0, 0.1) is 0 Å². The molecule has 0 saturated carbocycles. The summed E-state index contributed by atoms with van der Waals surface area (Å²) < 4.78 is 0. The molecule has 1 aromatic carbocycles. The van der Waals surface area contributed by atoms with E-state index in [2.05, 4.69) is 39.4 Å². The van der Waals surface area contributed by atoms with Crippen LogP contribution in [-0.4, -0.2) is 16.7 Å². The quantitative estimate of drug-likeness (QED) is 0.802. The van der Waals surface area contributed by atoms with Crippen molar-refractivity contribution < 1.29 is 0 Å². The molecule has 2 aromatic rings. The molecule has 2 N–H and O–H groups in total. The maximum atomic E-state index is 5.54. The van der Waals surface area contributed by atoms with Crippen LogP contribution in [0.2, 0.25) is 0 Å². The van der Waals surface area contributed by atoms with Gasteiger partial charge < -0.3 is 10.6 Å². The molecule has 3 rings (SSSR count). The molecular formula is C13H14N4. The standard InChI is InChI=1S/C13H14N4/c14-12-5-6-13(16-15-12)17-8-7-10-3-1-2-4-11(10)9-17/h1-6H,7-9H2,(H2,14,15). The van der Waals surface area contributed by atoms with Gasteiger partial charge in [-0.3, -0.25) is 0 Å². The van der Waals surface area contributed by atoms with Crippen molar-refractivity contribution in [3.05, 3.63) is 47.5 Å². The normalized spacial score (nSPS) is 14.5. The fourth-order valence-electron chi connectivity index (χ4n) is 2.20. The van der Waals surface area contributed by atoms with Crippen LogP contribution in [0.25, 0.3) is 0 Å². The summed E-state index contributed by atoms with van der Waals surface area (Å²) in [7, 11) is 0. The molecule has 86 valence electrons. The Kier molecular flexibility index (Phi) is 2.40. The zero-order chi connectivity index (χ0) is 11.7. The molecular weight excluding hydrogens is 212 g/mol. The Balaban J connectivity index is 1.86. The van der Waals surface area contributed by atoms with E-state index in [1.54, 1.807) is 6.07 Å². The highest BCUT2D eigenvalue weighted by atomic mass is 15.3. The number of nitrogens with two attached hydrogens (primary N) is 1. The smallest absolute Gasteiger partial charge is 0.151 e. The molecule has 2 heterocycles. The van der Waals surface area contributed by atoms with Crippen molar-refractivity contribution in [3.63, 3.8) is 0 Å². The highest BCUT2D eigenvalue weighted by Crippen LogP contribution is 2.22. The van der Waals surface area contributed by atoms with Crippen molar-refractivity contribution in [2.75, 3.05) is 17.2 Å². The molecule has 0 amide bonds. The van der Waals surface area contributed by atoms with E-state index in [4.69, 9.17) is 5.73 Å². The lowest BCUT2D eigenvalue weighted by atomic mass is 10.00. The van der Waals surface area contributed by atoms with E-state index in [1.807, 2.05) is 6.07 Å². The molecule has 1 aliphatic heterocycles. The lowest BCUT2D eigenvalue weighted by Crippen LogP contribution is -2.31. The third-order valence-corrected chi connectivity index (χ3v) is 3.13. The first-order valence-corrected chi connectivity index (χ1v) is 5.74. The van der Waals surface area contributed by atoms with Crippen LogP contribution < -0.4 is 10.6 Å². The van der Waals surface area contributed by atoms with E-state index < -0.39 is 0 Å². The summed E-state index contributed by atoms with van der Waals surface area (Å²) in [5, 5.41) is 8.02. The SMILES string of the molecule is Nc1ccc(N2CCc3ccccc3C2)nn1. The lowest BCUT2D eigenvalue weighted by Gasteiger charge is -2.29. The summed E-state index contributed by atoms with van der Waals surface area (Å²) >= 11 is 0. The molecule has 0 atom stereocenters. The summed E-state index contributed by atoms with van der Waals surface area (Å²) in [6, 6.07) is 12.3. The second-order valence-corrected chi connectivity index (χ2v) is 4.26. The van der Waals surface area contributed by atoms with Crippen molar-refractivity contribution in [2.45, 2.75) is 13.0 Å². The predicted molar refractivity (Wildman–Crippen MR) is 67.6 cm³/mol. The van der Waals surface area contributed by atoms with Gasteiger partial charge in [-0.1, -0.05) is 24.3 Å². The molecule has 4 heteroatoms. The largest absolute Gasteiger partial charge is 0.382 e. The van der Waals surface area contributed by atoms with Crippen molar-refractivity contribution in [3.8, 4) is 0 Å². The number of anilines is 2. The summed E-state index contributed by atoms with van der Waals surface area (Å²) in [5.74, 6) is 1.36. The molecule has 0 saturated heterocycles. The van der Waals surface area contributed by atoms with E-state index in [-0.39, 0.29) is 0 Å². The molecule has 1 aromatic heterocycles. The minimum Gasteiger partial charge on any atom is -0.382 e. The third kappa shape index (κ3) is 1.93. The molecule has 0 aliphatic carbocycles. The summed E-state index contributed by atoms with van der Waals surface area (Å²) in [4.78, 5) is 2.23. The highest BCUT2D eigenvalue weighted by molar-refractivity contribution is 5.45. The van der Waals surface area contributed by atoms with Gasteiger partial charge in [0.2, 0.25) is 0 Å². The van der Waals surface area contributed by atoms with Gasteiger partial charge in [-0.05, 0) is 29.7 Å². The Hall–Kier alpha value is -2.10. The Morgan fingerprint density at radius 3 is 2.59 bits per heavy atom. The van der Waals surface area contributed by atoms with Crippen LogP contribution in [-0.2, 0) is 13.0 Å². The summed E-state index contributed by atoms with van der Waals surface area (Å²) in [6.45, 7) is 1.88. The van der Waals surface area contributed by atoms with Gasteiger partial charge in [0, 0.05) is 13.1 Å². The first-order chi connectivity index (χ1) is 8.33. The molecule has 0 fully saturated rings. The van der Waals surface area contributed by atoms with E-state index in [1.165, 1.54) is 11.1 Å². The van der Waals surface area contributed by atoms with Crippen LogP contribution >= 0.6 is 0 Å². The maximum absolute atomic E-state index is 5.54. The second kappa shape index (κ2) is 4.05. The van der Waals surface area contributed by atoms with Crippen molar-refractivity contribution >= 4 is 11.6 Å². The average Bonchev–Trinajstić information content (AvgIpc) is 2.39. The van der Waals surface area contributed by atoms with Crippen molar-refractivity contribution in [1.29, 1.82) is 0 Å². The van der Waals surface area contributed by atoms with Crippen LogP contribution in [0.4, 0.5) is 11.6 Å². The number of aromatic nitrogens is 2. The minimum atomic E-state index is 0.464. The van der Waals surface area contributed by atoms with Gasteiger partial charge in [0.15, 0.2) is 5.82 Å². The van der Waals surface area contributed by atoms with Gasteiger partial charge >= 0.3 is 0 Å². The number of nitrogens with zero attached hydrogens (tertiary/aromatic N) is 3. The van der Waals surface area contributed by atoms with Crippen LogP contribution in [0.5, 0.6) is 0 Å². The number of hydrogen-bond donors (Lipinski definition) is 1. The fraction of sp³-hybridized carbons (Fsp3) is 0.231. The average molecular weight is 226 g/mol. The van der Waals surface area contributed by atoms with Crippen LogP contribution in [0.3, 0.4) is 0 Å². The zero-order valence-corrected chi connectivity index (χ0v) is 9.50. The fourth-order valence-corrected chi connectivity index (χ4v) is 2.20. The minimum absolute atomic E-state index is 0.464. The summed E-state index contributed by atoms with van der Waals surface area (Å²) in [6.07, 6.45) is 1.06. The van der Waals surface area contributed by atoms with Gasteiger partial charge in [0.05, 0.1) is 0 Å². The first-order valence-electron chi connectivity index (χ1n) is 5.74. The molecule has 0 radical (unpaired) electrons. The van der Waals surface area contributed by atoms with Crippen LogP contribution in [0.1, 0.15) is 11.1 Å². The molecule has 1 aliphatic rings. The molecule has 0 bridgehead atoms. The van der Waals surface area contributed by atoms with Gasteiger partial charge in [0.1, 0.15) is 5.82 Å². The molecule has 17 heavy (non-hydrogen) atoms. The Bertz CT molecular complexity index is 521. The van der Waals surface area contributed by atoms with E-state index >= 15 is 0 Å². The van der Waals surface area contributed by atoms with E-state index in [0.717, 1.165) is 25.3 Å². The monoisotopic (exact) mass is 226 g/mol. The number of rotatable bonds is 1. The Morgan fingerprint density at radius 1 is 1.00 bits per heavy atom. The number of fused-ring (bicyclic) bond motifs is 1. The summed E-state index contributed by atoms with van der Waals surface area (Å²) in [5.41, 5.74) is 8.35. The van der Waals surface area contributed by atoms with Crippen LogP contribution in [0.15, 0.2) is 36.4 Å². The van der Waals surface area contributed by atoms with E-state index in [9.17, 15) is 0 Å². The van der Waals surface area contributed by atoms with Gasteiger partial charge in [-0.2, -0.15) is 0 Å². The topological polar surface area (TPSA) is 55.0 Å². The van der Waals surface area contributed by atoms with Gasteiger partial charge in [-0.15, -0.1) is 10.2 Å². The Labute approximate surface area is 100 Å². The predicted octanol–water partition coefficient (Wildman–Crippen LogP) is 1.62. The van der Waals surface area contributed by atoms with Gasteiger partial charge in [-0.25, -0.2) is 0 Å². The number of benzene rings is 1. The van der Waals surface area contributed by atoms with Crippen molar-refractivity contribution in [2.24, 2.45) is 0 Å². The first kappa shape index (κ1) is 10.1. The lowest BCUT2D eigenvalue weighted by molar-refractivity contribution is 0.713. The highest BCUT2D eigenvalue weighted by Gasteiger charge is 2.16. The zero-order valence-electron chi connectivity index (χ0n) is 9.50. The number of hydrogen-bond acceptors (Lipinski definition) is 4. The van der Waals surface area contributed by atoms with Gasteiger partial charge in [0.25, 0.3) is 0 Å². The molecule has 4 nitrogen and oxygen atoms in total. The number of nitrogen functional groups attached to an aromatic ring is 1.